The molecule has 1 unspecified atom stereocenters. The van der Waals surface area contributed by atoms with Gasteiger partial charge in [0.2, 0.25) is 27.7 Å². The van der Waals surface area contributed by atoms with Crippen LogP contribution in [0.25, 0.3) is 27.8 Å². The summed E-state index contributed by atoms with van der Waals surface area (Å²) in [6, 6.07) is 9.27. The van der Waals surface area contributed by atoms with Crippen molar-refractivity contribution < 1.29 is 41.2 Å². The summed E-state index contributed by atoms with van der Waals surface area (Å²) >= 11 is 0. The van der Waals surface area contributed by atoms with Crippen molar-refractivity contribution in [2.75, 3.05) is 47.4 Å². The van der Waals surface area contributed by atoms with Crippen molar-refractivity contribution in [2.45, 2.75) is 64.0 Å². The number of carbonyl (C=O) groups excluding carboxylic acids is 5. The van der Waals surface area contributed by atoms with Crippen molar-refractivity contribution in [2.24, 2.45) is 0 Å². The minimum atomic E-state index is -3.87. The molecule has 17 nitrogen and oxygen atoms in total. The molecule has 6 heterocycles. The van der Waals surface area contributed by atoms with Crippen LogP contribution in [0.15, 0.2) is 67.4 Å². The lowest BCUT2D eigenvalue weighted by Crippen LogP contribution is -2.54. The van der Waals surface area contributed by atoms with Crippen LogP contribution in [0, 0.1) is 11.6 Å². The van der Waals surface area contributed by atoms with Gasteiger partial charge in [-0.25, -0.2) is 32.2 Å². The number of benzene rings is 2. The van der Waals surface area contributed by atoms with E-state index in [9.17, 15) is 32.4 Å². The number of nitrogens with one attached hydrogen (secondary N) is 3. The van der Waals surface area contributed by atoms with Crippen molar-refractivity contribution in [3.05, 3.63) is 90.1 Å². The van der Waals surface area contributed by atoms with E-state index in [1.165, 1.54) is 23.2 Å². The summed E-state index contributed by atoms with van der Waals surface area (Å²) in [6.07, 6.45) is 8.38. The van der Waals surface area contributed by atoms with E-state index in [4.69, 9.17) is 4.98 Å². The number of fused-ring (bicyclic) bond motifs is 2. The molecule has 0 aliphatic carbocycles. The van der Waals surface area contributed by atoms with Gasteiger partial charge in [0, 0.05) is 81.0 Å². The second-order valence-electron chi connectivity index (χ2n) is 15.7. The Hall–Kier alpha value is -6.83. The van der Waals surface area contributed by atoms with E-state index in [0.717, 1.165) is 17.0 Å². The second-order valence-corrected chi connectivity index (χ2v) is 17.5. The number of piperidine rings is 2. The zero-order valence-electron chi connectivity index (χ0n) is 34.4. The topological polar surface area (TPSA) is 209 Å². The van der Waals surface area contributed by atoms with Gasteiger partial charge in [-0.05, 0) is 68.5 Å². The van der Waals surface area contributed by atoms with Crippen molar-refractivity contribution >= 4 is 67.8 Å². The highest BCUT2D eigenvalue weighted by atomic mass is 32.2. The van der Waals surface area contributed by atoms with E-state index >= 15 is 8.78 Å². The summed E-state index contributed by atoms with van der Waals surface area (Å²) in [6.45, 7) is 3.03. The van der Waals surface area contributed by atoms with Gasteiger partial charge in [0.15, 0.2) is 5.82 Å². The molecule has 2 aromatic carbocycles. The van der Waals surface area contributed by atoms with Crippen LogP contribution in [-0.2, 0) is 24.4 Å². The third-order valence-electron chi connectivity index (χ3n) is 11.6. The molecule has 63 heavy (non-hydrogen) atoms. The molecule has 5 aromatic rings. The van der Waals surface area contributed by atoms with Gasteiger partial charge in [-0.3, -0.25) is 38.9 Å². The number of sulfonamides is 1. The van der Waals surface area contributed by atoms with Crippen molar-refractivity contribution in [3.63, 3.8) is 0 Å². The van der Waals surface area contributed by atoms with Crippen molar-refractivity contribution in [3.8, 4) is 16.8 Å². The molecule has 3 aliphatic rings. The monoisotopic (exact) mass is 882 g/mol. The third-order valence-corrected chi connectivity index (χ3v) is 13.1. The second kappa shape index (κ2) is 17.5. The predicted molar refractivity (Wildman–Crippen MR) is 229 cm³/mol. The molecule has 0 radical (unpaired) electrons. The molecular formula is C43H44F2N10O7S. The van der Waals surface area contributed by atoms with E-state index in [2.05, 4.69) is 25.3 Å². The van der Waals surface area contributed by atoms with E-state index < -0.39 is 57.0 Å². The van der Waals surface area contributed by atoms with Crippen LogP contribution in [0.2, 0.25) is 0 Å². The van der Waals surface area contributed by atoms with Gasteiger partial charge >= 0.3 is 0 Å². The first-order valence-corrected chi connectivity index (χ1v) is 22.3. The maximum absolute atomic E-state index is 16.1. The molecule has 20 heteroatoms. The number of hydrogen-bond acceptors (Lipinski definition) is 12. The molecule has 8 rings (SSSR count). The summed E-state index contributed by atoms with van der Waals surface area (Å²) in [7, 11) is -1.97. The maximum atomic E-state index is 16.1. The molecule has 3 N–H and O–H groups in total. The van der Waals surface area contributed by atoms with Gasteiger partial charge in [-0.1, -0.05) is 13.0 Å². The van der Waals surface area contributed by atoms with Gasteiger partial charge in [-0.2, -0.15) is 0 Å². The summed E-state index contributed by atoms with van der Waals surface area (Å²) in [5.74, 6) is -4.01. The minimum Gasteiger partial charge on any atom is -0.384 e. The number of pyridine rings is 1. The van der Waals surface area contributed by atoms with Gasteiger partial charge < -0.3 is 19.7 Å². The number of halogens is 2. The Morgan fingerprint density at radius 1 is 0.952 bits per heavy atom. The van der Waals surface area contributed by atoms with E-state index in [1.807, 2.05) is 16.8 Å². The Morgan fingerprint density at radius 3 is 2.44 bits per heavy atom. The SMILES string of the molecule is CCCS(=O)(=O)Nc1ccc(F)c(-n2cc(-c3cncnc3)c3nc(N(C)C4CCN(C(=O)CCCNc5cccc6c5C(=O)N(C5CCC(=O)NC5=O)C6=O)CC4)ccc32)c1F. The lowest BCUT2D eigenvalue weighted by molar-refractivity contribution is -0.136. The number of imide groups is 2. The molecule has 5 amide bonds. The zero-order valence-corrected chi connectivity index (χ0v) is 35.3. The minimum absolute atomic E-state index is 0.00846. The average Bonchev–Trinajstić information content (AvgIpc) is 3.77. The third kappa shape index (κ3) is 8.41. The molecule has 0 bridgehead atoms. The lowest BCUT2D eigenvalue weighted by Gasteiger charge is -2.37. The van der Waals surface area contributed by atoms with Gasteiger partial charge in [0.25, 0.3) is 11.8 Å². The predicted octanol–water partition coefficient (Wildman–Crippen LogP) is 4.63. The molecule has 0 spiro atoms. The van der Waals surface area contributed by atoms with E-state index in [1.54, 1.807) is 43.6 Å². The van der Waals surface area contributed by atoms with Gasteiger partial charge in [0.1, 0.15) is 29.7 Å². The van der Waals surface area contributed by atoms with E-state index in [0.29, 0.717) is 79.0 Å². The van der Waals surface area contributed by atoms with Crippen LogP contribution in [0.4, 0.5) is 26.0 Å². The normalized spacial score (nSPS) is 17.0. The highest BCUT2D eigenvalue weighted by molar-refractivity contribution is 7.92. The zero-order chi connectivity index (χ0) is 44.6. The summed E-state index contributed by atoms with van der Waals surface area (Å²) in [4.78, 5) is 82.0. The number of carbonyl (C=O) groups is 5. The van der Waals surface area contributed by atoms with Crippen LogP contribution < -0.4 is 20.3 Å². The molecule has 0 saturated carbocycles. The smallest absolute Gasteiger partial charge is 0.264 e. The van der Waals surface area contributed by atoms with Crippen LogP contribution in [0.3, 0.4) is 0 Å². The first-order chi connectivity index (χ1) is 30.3. The number of amides is 5. The average molecular weight is 883 g/mol. The largest absolute Gasteiger partial charge is 0.384 e. The molecule has 3 aliphatic heterocycles. The number of aromatic nitrogens is 4. The Balaban J connectivity index is 0.914. The molecule has 3 aromatic heterocycles. The fourth-order valence-electron chi connectivity index (χ4n) is 8.43. The first kappa shape index (κ1) is 42.8. The van der Waals surface area contributed by atoms with E-state index in [-0.39, 0.29) is 53.8 Å². The Kier molecular flexibility index (Phi) is 11.9. The number of anilines is 3. The first-order valence-electron chi connectivity index (χ1n) is 20.6. The molecule has 328 valence electrons. The molecular weight excluding hydrogens is 839 g/mol. The maximum Gasteiger partial charge on any atom is 0.264 e. The highest BCUT2D eigenvalue weighted by Crippen LogP contribution is 2.37. The van der Waals surface area contributed by atoms with Gasteiger partial charge in [0.05, 0.1) is 33.6 Å². The quantitative estimate of drug-likeness (QED) is 0.103. The summed E-state index contributed by atoms with van der Waals surface area (Å²) < 4.78 is 60.1. The fourth-order valence-corrected chi connectivity index (χ4v) is 9.56. The Labute approximate surface area is 360 Å². The Morgan fingerprint density at radius 2 is 1.71 bits per heavy atom. The number of nitrogens with zero attached hydrogens (tertiary/aromatic N) is 7. The van der Waals surface area contributed by atoms with Crippen molar-refractivity contribution in [1.29, 1.82) is 0 Å². The van der Waals surface area contributed by atoms with Crippen LogP contribution in [0.5, 0.6) is 0 Å². The Bertz CT molecular complexity index is 2760. The molecule has 1 atom stereocenters. The summed E-state index contributed by atoms with van der Waals surface area (Å²) in [5, 5.41) is 5.38. The number of hydrogen-bond donors (Lipinski definition) is 3. The van der Waals surface area contributed by atoms with Crippen LogP contribution in [0.1, 0.15) is 72.6 Å². The van der Waals surface area contributed by atoms with Crippen LogP contribution >= 0.6 is 0 Å². The number of likely N-dealkylation sites (tertiary alicyclic amines) is 1. The molecule has 2 saturated heterocycles. The molecule has 2 fully saturated rings. The van der Waals surface area contributed by atoms with Crippen molar-refractivity contribution in [1.82, 2.24) is 34.6 Å². The fraction of sp³-hybridized carbons (Fsp3) is 0.349. The van der Waals surface area contributed by atoms with Crippen LogP contribution in [-0.4, -0.2) is 112 Å². The summed E-state index contributed by atoms with van der Waals surface area (Å²) in [5.41, 5.74) is 1.69. The standard InChI is InChI=1S/C43H44F2N10O7S/c1-3-20-63(61,62)51-31-10-9-29(44)40(38(31)45)54-23-28(25-21-46-24-47-22-25)39-32(54)11-13-34(49-39)52(2)26-15-18-53(19-16-26)36(57)8-5-17-48-30-7-4-6-27-37(30)43(60)55(42(27)59)33-12-14-35(56)50-41(33)58/h4,6-7,9-11,13,21-24,26,33,48,51H,3,5,8,12,14-20H2,1-2H3,(H,50,56,58). The highest BCUT2D eigenvalue weighted by Gasteiger charge is 2.45. The van der Waals surface area contributed by atoms with Gasteiger partial charge in [-0.15, -0.1) is 0 Å². The number of rotatable bonds is 14. The lowest BCUT2D eigenvalue weighted by atomic mass is 10.0.